The third kappa shape index (κ3) is 3.01. The first-order chi connectivity index (χ1) is 12.3. The standard InChI is InChI=1S/C23H22OS/c24-23(19-12-3-1-4-13-19,20-14-5-2-6-15-20)22-21-16-8-7-10-18(21)11-9-17-25-22/h1-8,10,12-16,22,24H,9,11,17H2. The minimum atomic E-state index is -1.05. The normalized spacial score (nSPS) is 17.6. The van der Waals surface area contributed by atoms with Crippen LogP contribution in [-0.4, -0.2) is 10.9 Å². The highest BCUT2D eigenvalue weighted by molar-refractivity contribution is 7.99. The number of fused-ring (bicyclic) bond motifs is 1. The van der Waals surface area contributed by atoms with Gasteiger partial charge in [0, 0.05) is 0 Å². The second kappa shape index (κ2) is 7.07. The summed E-state index contributed by atoms with van der Waals surface area (Å²) in [5.41, 5.74) is 3.49. The molecule has 3 aromatic carbocycles. The molecule has 0 radical (unpaired) electrons. The molecule has 0 aliphatic carbocycles. The van der Waals surface area contributed by atoms with Gasteiger partial charge in [0.05, 0.1) is 5.25 Å². The van der Waals surface area contributed by atoms with Crippen molar-refractivity contribution >= 4 is 11.8 Å². The lowest BCUT2D eigenvalue weighted by atomic mass is 9.79. The van der Waals surface area contributed by atoms with Gasteiger partial charge in [-0.05, 0) is 40.8 Å². The van der Waals surface area contributed by atoms with Gasteiger partial charge >= 0.3 is 0 Å². The minimum Gasteiger partial charge on any atom is -0.379 e. The molecule has 3 aromatic rings. The second-order valence-corrected chi connectivity index (χ2v) is 7.76. The quantitative estimate of drug-likeness (QED) is 0.690. The summed E-state index contributed by atoms with van der Waals surface area (Å²) < 4.78 is 0. The topological polar surface area (TPSA) is 20.2 Å². The van der Waals surface area contributed by atoms with E-state index in [4.69, 9.17) is 0 Å². The SMILES string of the molecule is OC(c1ccccc1)(c1ccccc1)C1SCCCc2ccccc21. The average molecular weight is 346 g/mol. The summed E-state index contributed by atoms with van der Waals surface area (Å²) in [6, 6.07) is 28.8. The number of hydrogen-bond acceptors (Lipinski definition) is 2. The lowest BCUT2D eigenvalue weighted by Gasteiger charge is -2.37. The zero-order valence-corrected chi connectivity index (χ0v) is 15.0. The van der Waals surface area contributed by atoms with E-state index in [1.54, 1.807) is 0 Å². The molecule has 126 valence electrons. The first-order valence-corrected chi connectivity index (χ1v) is 9.88. The van der Waals surface area contributed by atoms with Crippen LogP contribution in [0.3, 0.4) is 0 Å². The molecule has 25 heavy (non-hydrogen) atoms. The summed E-state index contributed by atoms with van der Waals surface area (Å²) in [5.74, 6) is 1.06. The number of hydrogen-bond donors (Lipinski definition) is 1. The van der Waals surface area contributed by atoms with E-state index < -0.39 is 5.60 Å². The van der Waals surface area contributed by atoms with Crippen LogP contribution in [0.15, 0.2) is 84.9 Å². The van der Waals surface area contributed by atoms with Crippen molar-refractivity contribution < 1.29 is 5.11 Å². The van der Waals surface area contributed by atoms with Crippen LogP contribution >= 0.6 is 11.8 Å². The molecule has 0 saturated heterocycles. The monoisotopic (exact) mass is 346 g/mol. The Labute approximate surface area is 153 Å². The number of aliphatic hydroxyl groups is 1. The Morgan fingerprint density at radius 2 is 1.32 bits per heavy atom. The summed E-state index contributed by atoms with van der Waals surface area (Å²) in [4.78, 5) is 0. The lowest BCUT2D eigenvalue weighted by molar-refractivity contribution is 0.0777. The Bertz CT molecular complexity index is 789. The fourth-order valence-corrected chi connectivity index (χ4v) is 5.24. The van der Waals surface area contributed by atoms with Crippen molar-refractivity contribution in [3.63, 3.8) is 0 Å². The third-order valence-electron chi connectivity index (χ3n) is 5.02. The molecule has 0 saturated carbocycles. The summed E-state index contributed by atoms with van der Waals surface area (Å²) in [5, 5.41) is 12.1. The molecule has 1 aliphatic heterocycles. The van der Waals surface area contributed by atoms with Crippen LogP contribution in [0, 0.1) is 0 Å². The van der Waals surface area contributed by atoms with Gasteiger partial charge in [0.1, 0.15) is 5.60 Å². The van der Waals surface area contributed by atoms with Crippen LogP contribution in [0.25, 0.3) is 0 Å². The Kier molecular flexibility index (Phi) is 4.65. The Balaban J connectivity index is 1.93. The highest BCUT2D eigenvalue weighted by Crippen LogP contribution is 2.51. The predicted molar refractivity (Wildman–Crippen MR) is 106 cm³/mol. The van der Waals surface area contributed by atoms with Gasteiger partial charge in [-0.1, -0.05) is 84.9 Å². The zero-order valence-electron chi connectivity index (χ0n) is 14.1. The van der Waals surface area contributed by atoms with E-state index in [0.29, 0.717) is 0 Å². The van der Waals surface area contributed by atoms with Crippen LogP contribution in [0.1, 0.15) is 33.9 Å². The molecule has 0 fully saturated rings. The molecule has 0 spiro atoms. The minimum absolute atomic E-state index is 0.0176. The van der Waals surface area contributed by atoms with E-state index in [9.17, 15) is 5.11 Å². The summed E-state index contributed by atoms with van der Waals surface area (Å²) in [7, 11) is 0. The van der Waals surface area contributed by atoms with E-state index in [1.165, 1.54) is 11.1 Å². The molecule has 1 unspecified atom stereocenters. The molecule has 1 aliphatic rings. The third-order valence-corrected chi connectivity index (χ3v) is 6.47. The van der Waals surface area contributed by atoms with Crippen molar-refractivity contribution in [1.82, 2.24) is 0 Å². The van der Waals surface area contributed by atoms with Gasteiger partial charge < -0.3 is 5.11 Å². The number of benzene rings is 3. The molecule has 2 heteroatoms. The summed E-state index contributed by atoms with van der Waals surface area (Å²) in [6.45, 7) is 0. The van der Waals surface area contributed by atoms with E-state index in [2.05, 4.69) is 24.3 Å². The Morgan fingerprint density at radius 1 is 0.760 bits per heavy atom. The van der Waals surface area contributed by atoms with Crippen molar-refractivity contribution in [2.45, 2.75) is 23.7 Å². The number of rotatable bonds is 3. The van der Waals surface area contributed by atoms with Crippen LogP contribution in [0.5, 0.6) is 0 Å². The van der Waals surface area contributed by atoms with Gasteiger partial charge in [-0.15, -0.1) is 11.8 Å². The van der Waals surface area contributed by atoms with Crippen molar-refractivity contribution in [1.29, 1.82) is 0 Å². The van der Waals surface area contributed by atoms with Crippen molar-refractivity contribution in [2.24, 2.45) is 0 Å². The largest absolute Gasteiger partial charge is 0.379 e. The number of thioether (sulfide) groups is 1. The van der Waals surface area contributed by atoms with Gasteiger partial charge in [-0.3, -0.25) is 0 Å². The highest BCUT2D eigenvalue weighted by atomic mass is 32.2. The maximum Gasteiger partial charge on any atom is 0.130 e. The molecule has 1 N–H and O–H groups in total. The van der Waals surface area contributed by atoms with E-state index in [1.807, 2.05) is 72.4 Å². The lowest BCUT2D eigenvalue weighted by Crippen LogP contribution is -2.33. The van der Waals surface area contributed by atoms with E-state index in [0.717, 1.165) is 29.7 Å². The van der Waals surface area contributed by atoms with Crippen molar-refractivity contribution in [3.8, 4) is 0 Å². The predicted octanol–water partition coefficient (Wildman–Crippen LogP) is 5.34. The maximum atomic E-state index is 12.1. The van der Waals surface area contributed by atoms with Crippen LogP contribution < -0.4 is 0 Å². The van der Waals surface area contributed by atoms with Crippen molar-refractivity contribution in [3.05, 3.63) is 107 Å². The summed E-state index contributed by atoms with van der Waals surface area (Å²) >= 11 is 1.87. The molecular weight excluding hydrogens is 324 g/mol. The van der Waals surface area contributed by atoms with Crippen LogP contribution in [-0.2, 0) is 12.0 Å². The average Bonchev–Trinajstić information content (AvgIpc) is 2.91. The highest BCUT2D eigenvalue weighted by Gasteiger charge is 2.42. The van der Waals surface area contributed by atoms with Gasteiger partial charge in [0.25, 0.3) is 0 Å². The van der Waals surface area contributed by atoms with E-state index >= 15 is 0 Å². The maximum absolute atomic E-state index is 12.1. The Morgan fingerprint density at radius 3 is 1.96 bits per heavy atom. The first-order valence-electron chi connectivity index (χ1n) is 8.83. The van der Waals surface area contributed by atoms with Gasteiger partial charge in [-0.2, -0.15) is 0 Å². The van der Waals surface area contributed by atoms with Gasteiger partial charge in [0.2, 0.25) is 0 Å². The first kappa shape index (κ1) is 16.4. The van der Waals surface area contributed by atoms with Gasteiger partial charge in [0.15, 0.2) is 0 Å². The zero-order chi connectivity index (χ0) is 17.1. The summed E-state index contributed by atoms with van der Waals surface area (Å²) in [6.07, 6.45) is 2.23. The van der Waals surface area contributed by atoms with Gasteiger partial charge in [-0.25, -0.2) is 0 Å². The second-order valence-electron chi connectivity index (χ2n) is 6.55. The molecule has 1 heterocycles. The molecule has 0 aromatic heterocycles. The molecular formula is C23H22OS. The number of aryl methyl sites for hydroxylation is 1. The smallest absolute Gasteiger partial charge is 0.130 e. The van der Waals surface area contributed by atoms with E-state index in [-0.39, 0.29) is 5.25 Å². The fourth-order valence-electron chi connectivity index (χ4n) is 3.77. The Hall–Kier alpha value is -2.03. The molecule has 0 amide bonds. The van der Waals surface area contributed by atoms with Crippen LogP contribution in [0.2, 0.25) is 0 Å². The fraction of sp³-hybridized carbons (Fsp3) is 0.217. The molecule has 1 nitrogen and oxygen atoms in total. The molecule has 4 rings (SSSR count). The molecule has 1 atom stereocenters. The van der Waals surface area contributed by atoms with Crippen LogP contribution in [0.4, 0.5) is 0 Å². The molecule has 0 bridgehead atoms. The van der Waals surface area contributed by atoms with Crippen molar-refractivity contribution in [2.75, 3.05) is 5.75 Å².